The van der Waals surface area contributed by atoms with Gasteiger partial charge in [0.2, 0.25) is 10.0 Å². The average Bonchev–Trinajstić information content (AvgIpc) is 2.47. The van der Waals surface area contributed by atoms with Crippen molar-refractivity contribution in [1.82, 2.24) is 4.98 Å². The first kappa shape index (κ1) is 8.61. The first-order valence-corrected chi connectivity index (χ1v) is 5.86. The summed E-state index contributed by atoms with van der Waals surface area (Å²) in [4.78, 5) is 4.02. The smallest absolute Gasteiger partial charge is 0.239 e. The lowest BCUT2D eigenvalue weighted by molar-refractivity contribution is 0.597. The summed E-state index contributed by atoms with van der Waals surface area (Å²) in [7, 11) is -3.63. The fraction of sp³-hybridized carbons (Fsp3) is 0. The number of hydrogen-bond acceptors (Lipinski definition) is 4. The maximum Gasteiger partial charge on any atom is 0.239 e. The van der Waals surface area contributed by atoms with Crippen LogP contribution in [0.2, 0.25) is 0 Å². The molecule has 6 heteroatoms. The molecule has 4 nitrogen and oxygen atoms in total. The minimum absolute atomic E-state index is 0.0578. The van der Waals surface area contributed by atoms with E-state index >= 15 is 0 Å². The summed E-state index contributed by atoms with van der Waals surface area (Å²) in [6, 6.07) is 3.36. The van der Waals surface area contributed by atoms with E-state index in [2.05, 4.69) is 4.98 Å². The van der Waals surface area contributed by atoms with Crippen LogP contribution in [0.4, 0.5) is 0 Å². The van der Waals surface area contributed by atoms with Gasteiger partial charge < -0.3 is 0 Å². The molecule has 0 amide bonds. The fourth-order valence-corrected chi connectivity index (χ4v) is 2.32. The minimum atomic E-state index is -3.63. The van der Waals surface area contributed by atoms with Gasteiger partial charge in [-0.05, 0) is 17.5 Å². The summed E-state index contributed by atoms with van der Waals surface area (Å²) in [6.45, 7) is 0. The highest BCUT2D eigenvalue weighted by molar-refractivity contribution is 7.89. The Bertz CT molecular complexity index is 544. The standard InChI is InChI=1S/C7H6N2O2S2/c8-13(10,11)5-3-7-6(9-4-5)1-2-12-7/h1-4H,(H2,8,10,11). The SMILES string of the molecule is NS(=O)(=O)c1cnc2ccsc2c1. The fourth-order valence-electron chi connectivity index (χ4n) is 0.984. The zero-order chi connectivity index (χ0) is 9.47. The topological polar surface area (TPSA) is 73.1 Å². The number of hydrogen-bond donors (Lipinski definition) is 1. The largest absolute Gasteiger partial charge is 0.254 e. The second-order valence-corrected chi connectivity index (χ2v) is 5.03. The number of pyridine rings is 1. The first-order valence-electron chi connectivity index (χ1n) is 3.43. The number of nitrogens with two attached hydrogens (primary N) is 1. The molecule has 2 heterocycles. The summed E-state index contributed by atoms with van der Waals surface area (Å²) >= 11 is 1.44. The van der Waals surface area contributed by atoms with E-state index in [-0.39, 0.29) is 4.90 Å². The number of nitrogens with zero attached hydrogens (tertiary/aromatic N) is 1. The van der Waals surface area contributed by atoms with Crippen LogP contribution in [0.5, 0.6) is 0 Å². The van der Waals surface area contributed by atoms with Crippen LogP contribution in [0.15, 0.2) is 28.6 Å². The van der Waals surface area contributed by atoms with E-state index in [1.54, 1.807) is 0 Å². The highest BCUT2D eigenvalue weighted by Gasteiger charge is 2.08. The molecule has 0 saturated heterocycles. The lowest BCUT2D eigenvalue weighted by Crippen LogP contribution is -2.12. The Kier molecular flexibility index (Phi) is 1.83. The van der Waals surface area contributed by atoms with E-state index in [1.807, 2.05) is 11.4 Å². The van der Waals surface area contributed by atoms with Crippen LogP contribution < -0.4 is 5.14 Å². The number of sulfonamides is 1. The molecule has 0 fully saturated rings. The van der Waals surface area contributed by atoms with Crippen LogP contribution >= 0.6 is 11.3 Å². The van der Waals surface area contributed by atoms with E-state index in [4.69, 9.17) is 5.14 Å². The maximum absolute atomic E-state index is 10.9. The van der Waals surface area contributed by atoms with Gasteiger partial charge in [0.1, 0.15) is 4.90 Å². The van der Waals surface area contributed by atoms with E-state index < -0.39 is 10.0 Å². The van der Waals surface area contributed by atoms with Crippen LogP contribution in [-0.4, -0.2) is 13.4 Å². The van der Waals surface area contributed by atoms with E-state index in [1.165, 1.54) is 23.6 Å². The molecule has 0 saturated carbocycles. The highest BCUT2D eigenvalue weighted by atomic mass is 32.2. The Morgan fingerprint density at radius 3 is 2.92 bits per heavy atom. The number of rotatable bonds is 1. The zero-order valence-electron chi connectivity index (χ0n) is 6.47. The lowest BCUT2D eigenvalue weighted by atomic mass is 10.4. The molecular weight excluding hydrogens is 208 g/mol. The Labute approximate surface area is 79.1 Å². The zero-order valence-corrected chi connectivity index (χ0v) is 8.10. The third-order valence-electron chi connectivity index (χ3n) is 1.61. The van der Waals surface area contributed by atoms with Gasteiger partial charge in [0.05, 0.1) is 10.2 Å². The Morgan fingerprint density at radius 1 is 1.46 bits per heavy atom. The normalized spacial score (nSPS) is 12.1. The summed E-state index contributed by atoms with van der Waals surface area (Å²) in [6.07, 6.45) is 1.27. The predicted octanol–water partition coefficient (Wildman–Crippen LogP) is 0.944. The molecule has 0 atom stereocenters. The Balaban J connectivity index is 2.75. The van der Waals surface area contributed by atoms with Gasteiger partial charge in [-0.3, -0.25) is 4.98 Å². The van der Waals surface area contributed by atoms with E-state index in [0.29, 0.717) is 0 Å². The molecule has 2 aromatic rings. The Morgan fingerprint density at radius 2 is 2.23 bits per heavy atom. The molecule has 68 valence electrons. The van der Waals surface area contributed by atoms with E-state index in [9.17, 15) is 8.42 Å². The van der Waals surface area contributed by atoms with Crippen molar-refractivity contribution in [2.24, 2.45) is 5.14 Å². The monoisotopic (exact) mass is 214 g/mol. The molecule has 0 aliphatic rings. The molecule has 0 unspecified atom stereocenters. The van der Waals surface area contributed by atoms with Crippen LogP contribution in [0.3, 0.4) is 0 Å². The van der Waals surface area contributed by atoms with Crippen molar-refractivity contribution in [3.63, 3.8) is 0 Å². The first-order chi connectivity index (χ1) is 6.07. The van der Waals surface area contributed by atoms with Gasteiger partial charge in [0.15, 0.2) is 0 Å². The molecular formula is C7H6N2O2S2. The lowest BCUT2D eigenvalue weighted by Gasteiger charge is -1.95. The molecule has 0 aliphatic heterocycles. The van der Waals surface area contributed by atoms with Crippen molar-refractivity contribution in [2.75, 3.05) is 0 Å². The van der Waals surface area contributed by atoms with Crippen LogP contribution in [0, 0.1) is 0 Å². The maximum atomic E-state index is 10.9. The molecule has 0 bridgehead atoms. The van der Waals surface area contributed by atoms with Crippen LogP contribution in [-0.2, 0) is 10.0 Å². The van der Waals surface area contributed by atoms with Crippen molar-refractivity contribution in [2.45, 2.75) is 4.90 Å². The third kappa shape index (κ3) is 1.55. The molecule has 0 aliphatic carbocycles. The molecule has 0 aromatic carbocycles. The van der Waals surface area contributed by atoms with Crippen LogP contribution in [0.1, 0.15) is 0 Å². The number of thiophene rings is 1. The van der Waals surface area contributed by atoms with Gasteiger partial charge in [0, 0.05) is 6.20 Å². The molecule has 2 rings (SSSR count). The predicted molar refractivity (Wildman–Crippen MR) is 51.0 cm³/mol. The third-order valence-corrected chi connectivity index (χ3v) is 3.34. The summed E-state index contributed by atoms with van der Waals surface area (Å²) in [5.74, 6) is 0. The number of aromatic nitrogens is 1. The van der Waals surface area contributed by atoms with Crippen molar-refractivity contribution in [3.8, 4) is 0 Å². The molecule has 0 spiro atoms. The van der Waals surface area contributed by atoms with E-state index in [0.717, 1.165) is 10.2 Å². The van der Waals surface area contributed by atoms with Crippen molar-refractivity contribution >= 4 is 31.6 Å². The minimum Gasteiger partial charge on any atom is -0.254 e. The molecule has 0 radical (unpaired) electrons. The second-order valence-electron chi connectivity index (χ2n) is 2.52. The van der Waals surface area contributed by atoms with Crippen molar-refractivity contribution in [1.29, 1.82) is 0 Å². The summed E-state index contributed by atoms with van der Waals surface area (Å²) < 4.78 is 22.7. The van der Waals surface area contributed by atoms with Gasteiger partial charge in [-0.1, -0.05) is 0 Å². The van der Waals surface area contributed by atoms with Gasteiger partial charge in [-0.2, -0.15) is 0 Å². The molecule has 2 aromatic heterocycles. The van der Waals surface area contributed by atoms with Gasteiger partial charge in [-0.25, -0.2) is 13.6 Å². The number of fused-ring (bicyclic) bond motifs is 1. The second kappa shape index (κ2) is 2.76. The number of primary sulfonamides is 1. The Hall–Kier alpha value is -0.980. The summed E-state index contributed by atoms with van der Waals surface area (Å²) in [5.41, 5.74) is 0.789. The van der Waals surface area contributed by atoms with Gasteiger partial charge in [-0.15, -0.1) is 11.3 Å². The van der Waals surface area contributed by atoms with Gasteiger partial charge >= 0.3 is 0 Å². The van der Waals surface area contributed by atoms with Gasteiger partial charge in [0.25, 0.3) is 0 Å². The highest BCUT2D eigenvalue weighted by Crippen LogP contribution is 2.20. The molecule has 13 heavy (non-hydrogen) atoms. The molecule has 2 N–H and O–H groups in total. The van der Waals surface area contributed by atoms with Crippen LogP contribution in [0.25, 0.3) is 10.2 Å². The summed E-state index contributed by atoms with van der Waals surface area (Å²) in [5, 5.41) is 6.81. The average molecular weight is 214 g/mol. The van der Waals surface area contributed by atoms with Crippen molar-refractivity contribution in [3.05, 3.63) is 23.7 Å². The quantitative estimate of drug-likeness (QED) is 0.767. The van der Waals surface area contributed by atoms with Crippen molar-refractivity contribution < 1.29 is 8.42 Å².